The van der Waals surface area contributed by atoms with Crippen LogP contribution in [0.25, 0.3) is 0 Å². The van der Waals surface area contributed by atoms with Crippen molar-refractivity contribution in [2.75, 3.05) is 11.9 Å². The first-order valence-electron chi connectivity index (χ1n) is 7.12. The fourth-order valence-electron chi connectivity index (χ4n) is 2.91. The molecular formula is C16H23ClN2S. The van der Waals surface area contributed by atoms with Gasteiger partial charge < -0.3 is 10.6 Å². The van der Waals surface area contributed by atoms with E-state index in [1.54, 1.807) is 0 Å². The molecule has 1 aliphatic carbocycles. The summed E-state index contributed by atoms with van der Waals surface area (Å²) in [7, 11) is 2.15. The first kappa shape index (κ1) is 15.6. The Labute approximate surface area is 132 Å². The van der Waals surface area contributed by atoms with Gasteiger partial charge in [-0.2, -0.15) is 0 Å². The fourth-order valence-corrected chi connectivity index (χ4v) is 3.42. The van der Waals surface area contributed by atoms with Crippen LogP contribution in [0.5, 0.6) is 0 Å². The third-order valence-electron chi connectivity index (χ3n) is 4.48. The summed E-state index contributed by atoms with van der Waals surface area (Å²) in [4.78, 5) is 2.69. The summed E-state index contributed by atoms with van der Waals surface area (Å²) in [5, 5.41) is 0.637. The van der Waals surface area contributed by atoms with Gasteiger partial charge in [-0.1, -0.05) is 37.7 Å². The molecule has 110 valence electrons. The van der Waals surface area contributed by atoms with Gasteiger partial charge in [0.15, 0.2) is 0 Å². The standard InChI is InChI=1S/C16H23ClN2S/c1-16(2)8-6-11(7-9-16)19(3)12-4-5-13(15(18)20)14(17)10-12/h4-5,10-11H,6-9H2,1-3H3,(H2,18,20). The SMILES string of the molecule is CN(c1ccc(C(N)=S)c(Cl)c1)C1CCC(C)(C)CC1. The Morgan fingerprint density at radius 2 is 1.95 bits per heavy atom. The smallest absolute Gasteiger partial charge is 0.105 e. The van der Waals surface area contributed by atoms with E-state index in [9.17, 15) is 0 Å². The molecule has 2 N–H and O–H groups in total. The number of benzene rings is 1. The van der Waals surface area contributed by atoms with Crippen molar-refractivity contribution in [3.63, 3.8) is 0 Å². The first-order valence-corrected chi connectivity index (χ1v) is 7.91. The van der Waals surface area contributed by atoms with Gasteiger partial charge in [-0.3, -0.25) is 0 Å². The maximum atomic E-state index is 6.26. The lowest BCUT2D eigenvalue weighted by Crippen LogP contribution is -2.37. The second-order valence-corrected chi connectivity index (χ2v) is 7.38. The summed E-state index contributed by atoms with van der Waals surface area (Å²) < 4.78 is 0. The molecular weight excluding hydrogens is 288 g/mol. The average Bonchev–Trinajstić information content (AvgIpc) is 2.37. The largest absolute Gasteiger partial charge is 0.389 e. The van der Waals surface area contributed by atoms with E-state index in [0.29, 0.717) is 21.5 Å². The van der Waals surface area contributed by atoms with E-state index in [-0.39, 0.29) is 0 Å². The third kappa shape index (κ3) is 3.44. The second kappa shape index (κ2) is 5.90. The Balaban J connectivity index is 2.12. The molecule has 2 nitrogen and oxygen atoms in total. The van der Waals surface area contributed by atoms with Gasteiger partial charge in [0, 0.05) is 24.3 Å². The van der Waals surface area contributed by atoms with Crippen molar-refractivity contribution in [2.45, 2.75) is 45.6 Å². The predicted octanol–water partition coefficient (Wildman–Crippen LogP) is 4.38. The van der Waals surface area contributed by atoms with Crippen LogP contribution in [0.3, 0.4) is 0 Å². The van der Waals surface area contributed by atoms with Gasteiger partial charge in [0.1, 0.15) is 4.99 Å². The molecule has 0 unspecified atom stereocenters. The van der Waals surface area contributed by atoms with Gasteiger partial charge in [-0.15, -0.1) is 0 Å². The van der Waals surface area contributed by atoms with Crippen LogP contribution in [0, 0.1) is 5.41 Å². The molecule has 1 aromatic carbocycles. The summed E-state index contributed by atoms with van der Waals surface area (Å²) >= 11 is 11.2. The first-order chi connectivity index (χ1) is 9.30. The fraction of sp³-hybridized carbons (Fsp3) is 0.562. The number of nitrogens with two attached hydrogens (primary N) is 1. The lowest BCUT2D eigenvalue weighted by molar-refractivity contribution is 0.222. The maximum absolute atomic E-state index is 6.26. The molecule has 0 saturated heterocycles. The normalized spacial score (nSPS) is 18.8. The van der Waals surface area contributed by atoms with Gasteiger partial charge in [0.05, 0.1) is 5.02 Å². The molecule has 1 fully saturated rings. The third-order valence-corrected chi connectivity index (χ3v) is 5.01. The van der Waals surface area contributed by atoms with Crippen LogP contribution in [0.2, 0.25) is 5.02 Å². The summed E-state index contributed by atoms with van der Waals surface area (Å²) in [6.45, 7) is 4.72. The van der Waals surface area contributed by atoms with E-state index in [1.165, 1.54) is 25.7 Å². The predicted molar refractivity (Wildman–Crippen MR) is 91.8 cm³/mol. The van der Waals surface area contributed by atoms with Crippen molar-refractivity contribution in [3.8, 4) is 0 Å². The van der Waals surface area contributed by atoms with Crippen LogP contribution in [-0.4, -0.2) is 18.1 Å². The minimum absolute atomic E-state index is 0.351. The zero-order valence-electron chi connectivity index (χ0n) is 12.4. The van der Waals surface area contributed by atoms with E-state index in [1.807, 2.05) is 12.1 Å². The Bertz CT molecular complexity index is 503. The number of hydrogen-bond donors (Lipinski definition) is 1. The highest BCUT2D eigenvalue weighted by Crippen LogP contribution is 2.38. The van der Waals surface area contributed by atoms with E-state index in [2.05, 4.69) is 31.9 Å². The number of halogens is 1. The number of hydrogen-bond acceptors (Lipinski definition) is 2. The van der Waals surface area contributed by atoms with Gasteiger partial charge in [0.25, 0.3) is 0 Å². The molecule has 2 rings (SSSR count). The van der Waals surface area contributed by atoms with E-state index in [4.69, 9.17) is 29.6 Å². The number of anilines is 1. The molecule has 0 heterocycles. The lowest BCUT2D eigenvalue weighted by atomic mass is 9.75. The van der Waals surface area contributed by atoms with E-state index in [0.717, 1.165) is 11.3 Å². The van der Waals surface area contributed by atoms with Crippen molar-refractivity contribution in [3.05, 3.63) is 28.8 Å². The van der Waals surface area contributed by atoms with Crippen LogP contribution >= 0.6 is 23.8 Å². The highest BCUT2D eigenvalue weighted by Gasteiger charge is 2.29. The van der Waals surface area contributed by atoms with Gasteiger partial charge in [-0.05, 0) is 49.3 Å². The Hall–Kier alpha value is -0.800. The molecule has 0 radical (unpaired) electrons. The zero-order valence-corrected chi connectivity index (χ0v) is 14.0. The minimum Gasteiger partial charge on any atom is -0.389 e. The summed E-state index contributed by atoms with van der Waals surface area (Å²) in [6, 6.07) is 6.54. The van der Waals surface area contributed by atoms with Gasteiger partial charge >= 0.3 is 0 Å². The monoisotopic (exact) mass is 310 g/mol. The number of thiocarbonyl (C=S) groups is 1. The second-order valence-electron chi connectivity index (χ2n) is 6.53. The van der Waals surface area contributed by atoms with Crippen molar-refractivity contribution < 1.29 is 0 Å². The van der Waals surface area contributed by atoms with E-state index < -0.39 is 0 Å². The molecule has 0 spiro atoms. The molecule has 1 aromatic rings. The topological polar surface area (TPSA) is 29.3 Å². The van der Waals surface area contributed by atoms with Crippen LogP contribution in [0.1, 0.15) is 45.1 Å². The van der Waals surface area contributed by atoms with E-state index >= 15 is 0 Å². The van der Waals surface area contributed by atoms with Gasteiger partial charge in [-0.25, -0.2) is 0 Å². The molecule has 20 heavy (non-hydrogen) atoms. The minimum atomic E-state index is 0.351. The molecule has 0 aliphatic heterocycles. The zero-order chi connectivity index (χ0) is 14.9. The highest BCUT2D eigenvalue weighted by atomic mass is 35.5. The Morgan fingerprint density at radius 1 is 1.35 bits per heavy atom. The number of nitrogens with zero attached hydrogens (tertiary/aromatic N) is 1. The molecule has 0 amide bonds. The summed E-state index contributed by atoms with van der Waals surface area (Å²) in [5.41, 5.74) is 8.03. The average molecular weight is 311 g/mol. The Morgan fingerprint density at radius 3 is 2.45 bits per heavy atom. The molecule has 1 saturated carbocycles. The molecule has 1 aliphatic rings. The quantitative estimate of drug-likeness (QED) is 0.840. The van der Waals surface area contributed by atoms with Crippen LogP contribution < -0.4 is 10.6 Å². The van der Waals surface area contributed by atoms with Crippen molar-refractivity contribution in [2.24, 2.45) is 11.1 Å². The van der Waals surface area contributed by atoms with Gasteiger partial charge in [0.2, 0.25) is 0 Å². The molecule has 0 aromatic heterocycles. The van der Waals surface area contributed by atoms with Crippen molar-refractivity contribution in [1.82, 2.24) is 0 Å². The van der Waals surface area contributed by atoms with Crippen LogP contribution in [0.15, 0.2) is 18.2 Å². The number of rotatable bonds is 3. The highest BCUT2D eigenvalue weighted by molar-refractivity contribution is 7.80. The summed E-state index contributed by atoms with van der Waals surface area (Å²) in [6.07, 6.45) is 5.03. The lowest BCUT2D eigenvalue weighted by Gasteiger charge is -2.39. The Kier molecular flexibility index (Phi) is 4.60. The van der Waals surface area contributed by atoms with Crippen molar-refractivity contribution >= 4 is 34.5 Å². The van der Waals surface area contributed by atoms with Crippen LogP contribution in [0.4, 0.5) is 5.69 Å². The molecule has 0 bridgehead atoms. The maximum Gasteiger partial charge on any atom is 0.105 e. The molecule has 4 heteroatoms. The van der Waals surface area contributed by atoms with Crippen molar-refractivity contribution in [1.29, 1.82) is 0 Å². The van der Waals surface area contributed by atoms with Crippen LogP contribution in [-0.2, 0) is 0 Å². The molecule has 0 atom stereocenters. The summed E-state index contributed by atoms with van der Waals surface area (Å²) in [5.74, 6) is 0.